The summed E-state index contributed by atoms with van der Waals surface area (Å²) in [6, 6.07) is 0. The van der Waals surface area contributed by atoms with Gasteiger partial charge >= 0.3 is 0 Å². The standard InChI is InChI=1S/C6H15NS2/c1-5(2)6(4-7)9-8-3/h5-6H,4,7H2,1-3H3. The maximum atomic E-state index is 5.53. The van der Waals surface area contributed by atoms with Gasteiger partial charge in [-0.05, 0) is 12.2 Å². The Labute approximate surface area is 65.6 Å². The van der Waals surface area contributed by atoms with Crippen LogP contribution in [0.5, 0.6) is 0 Å². The van der Waals surface area contributed by atoms with Crippen molar-refractivity contribution in [2.24, 2.45) is 11.7 Å². The average Bonchev–Trinajstić information content (AvgIpc) is 1.82. The Bertz CT molecular complexity index is 66.1. The van der Waals surface area contributed by atoms with Gasteiger partial charge in [-0.15, -0.1) is 0 Å². The van der Waals surface area contributed by atoms with E-state index in [4.69, 9.17) is 5.73 Å². The van der Waals surface area contributed by atoms with E-state index >= 15 is 0 Å². The van der Waals surface area contributed by atoms with Crippen molar-refractivity contribution in [2.75, 3.05) is 12.8 Å². The van der Waals surface area contributed by atoms with E-state index in [-0.39, 0.29) is 0 Å². The fraction of sp³-hybridized carbons (Fsp3) is 1.00. The van der Waals surface area contributed by atoms with Crippen LogP contribution in [0.3, 0.4) is 0 Å². The van der Waals surface area contributed by atoms with E-state index in [0.29, 0.717) is 11.2 Å². The van der Waals surface area contributed by atoms with Crippen LogP contribution in [0.4, 0.5) is 0 Å². The normalized spacial score (nSPS) is 14.3. The molecular formula is C6H15NS2. The lowest BCUT2D eigenvalue weighted by atomic mass is 10.1. The van der Waals surface area contributed by atoms with Crippen molar-refractivity contribution < 1.29 is 0 Å². The summed E-state index contributed by atoms with van der Waals surface area (Å²) in [6.07, 6.45) is 2.09. The van der Waals surface area contributed by atoms with Crippen LogP contribution in [0.15, 0.2) is 0 Å². The molecule has 9 heavy (non-hydrogen) atoms. The zero-order valence-electron chi connectivity index (χ0n) is 6.26. The van der Waals surface area contributed by atoms with Gasteiger partial charge in [-0.2, -0.15) is 0 Å². The molecule has 0 saturated carbocycles. The topological polar surface area (TPSA) is 26.0 Å². The van der Waals surface area contributed by atoms with Crippen molar-refractivity contribution in [1.82, 2.24) is 0 Å². The third kappa shape index (κ3) is 4.12. The molecule has 56 valence electrons. The molecule has 3 heteroatoms. The zero-order valence-corrected chi connectivity index (χ0v) is 7.89. The molecule has 0 radical (unpaired) electrons. The van der Waals surface area contributed by atoms with E-state index in [2.05, 4.69) is 20.1 Å². The zero-order chi connectivity index (χ0) is 7.28. The SMILES string of the molecule is CSSC(CN)C(C)C. The van der Waals surface area contributed by atoms with Crippen molar-refractivity contribution in [1.29, 1.82) is 0 Å². The lowest BCUT2D eigenvalue weighted by Gasteiger charge is -2.15. The molecule has 0 aliphatic rings. The van der Waals surface area contributed by atoms with Gasteiger partial charge < -0.3 is 5.73 Å². The smallest absolute Gasteiger partial charge is 0.0296 e. The lowest BCUT2D eigenvalue weighted by Crippen LogP contribution is -2.21. The van der Waals surface area contributed by atoms with Crippen LogP contribution in [0, 0.1) is 5.92 Å². The fourth-order valence-electron chi connectivity index (χ4n) is 0.546. The average molecular weight is 165 g/mol. The van der Waals surface area contributed by atoms with Gasteiger partial charge in [0, 0.05) is 11.8 Å². The van der Waals surface area contributed by atoms with E-state index < -0.39 is 0 Å². The molecule has 0 bridgehead atoms. The summed E-state index contributed by atoms with van der Waals surface area (Å²) < 4.78 is 0. The summed E-state index contributed by atoms with van der Waals surface area (Å²) in [5.41, 5.74) is 5.53. The molecule has 0 spiro atoms. The molecule has 0 aromatic carbocycles. The highest BCUT2D eigenvalue weighted by Crippen LogP contribution is 2.27. The van der Waals surface area contributed by atoms with Gasteiger partial charge in [-0.1, -0.05) is 35.4 Å². The molecule has 2 N–H and O–H groups in total. The van der Waals surface area contributed by atoms with Crippen LogP contribution in [-0.4, -0.2) is 18.1 Å². The summed E-state index contributed by atoms with van der Waals surface area (Å²) in [6.45, 7) is 5.21. The van der Waals surface area contributed by atoms with Crippen LogP contribution in [0.1, 0.15) is 13.8 Å². The van der Waals surface area contributed by atoms with Crippen molar-refractivity contribution in [3.8, 4) is 0 Å². The van der Waals surface area contributed by atoms with E-state index in [1.807, 2.05) is 10.8 Å². The van der Waals surface area contributed by atoms with Crippen LogP contribution >= 0.6 is 21.6 Å². The molecule has 0 fully saturated rings. The van der Waals surface area contributed by atoms with Gasteiger partial charge in [0.05, 0.1) is 0 Å². The number of nitrogens with two attached hydrogens (primary N) is 1. The minimum Gasteiger partial charge on any atom is -0.329 e. The molecule has 0 rings (SSSR count). The molecule has 1 unspecified atom stereocenters. The van der Waals surface area contributed by atoms with Gasteiger partial charge in [0.2, 0.25) is 0 Å². The minimum absolute atomic E-state index is 0.625. The molecule has 0 aliphatic heterocycles. The highest BCUT2D eigenvalue weighted by atomic mass is 33.1. The van der Waals surface area contributed by atoms with E-state index in [0.717, 1.165) is 6.54 Å². The summed E-state index contributed by atoms with van der Waals surface area (Å²) in [4.78, 5) is 0. The third-order valence-corrected chi connectivity index (χ3v) is 3.69. The number of hydrogen-bond donors (Lipinski definition) is 1. The monoisotopic (exact) mass is 165 g/mol. The van der Waals surface area contributed by atoms with Crippen LogP contribution in [0.2, 0.25) is 0 Å². The Morgan fingerprint density at radius 2 is 2.00 bits per heavy atom. The Morgan fingerprint density at radius 1 is 1.44 bits per heavy atom. The number of hydrogen-bond acceptors (Lipinski definition) is 3. The largest absolute Gasteiger partial charge is 0.329 e. The minimum atomic E-state index is 0.625. The molecule has 1 nitrogen and oxygen atoms in total. The fourth-order valence-corrected chi connectivity index (χ4v) is 2.74. The summed E-state index contributed by atoms with van der Waals surface area (Å²) in [5.74, 6) is 0.701. The Balaban J connectivity index is 3.41. The van der Waals surface area contributed by atoms with E-state index in [1.54, 1.807) is 10.8 Å². The molecule has 1 atom stereocenters. The van der Waals surface area contributed by atoms with Gasteiger partial charge in [0.1, 0.15) is 0 Å². The first-order valence-electron chi connectivity index (χ1n) is 3.12. The maximum Gasteiger partial charge on any atom is 0.0296 e. The van der Waals surface area contributed by atoms with Crippen molar-refractivity contribution >= 4 is 21.6 Å². The first kappa shape index (κ1) is 9.66. The summed E-state index contributed by atoms with van der Waals surface area (Å²) >= 11 is 0. The van der Waals surface area contributed by atoms with Gasteiger partial charge in [0.15, 0.2) is 0 Å². The second-order valence-electron chi connectivity index (χ2n) is 2.28. The van der Waals surface area contributed by atoms with Crippen LogP contribution < -0.4 is 5.73 Å². The second kappa shape index (κ2) is 5.45. The van der Waals surface area contributed by atoms with Crippen molar-refractivity contribution in [3.63, 3.8) is 0 Å². The molecule has 0 heterocycles. The molecular weight excluding hydrogens is 150 g/mol. The Hall–Kier alpha value is 0.660. The quantitative estimate of drug-likeness (QED) is 0.645. The predicted molar refractivity (Wildman–Crippen MR) is 48.8 cm³/mol. The molecule has 0 aliphatic carbocycles. The Kier molecular flexibility index (Phi) is 5.84. The molecule has 0 aromatic heterocycles. The van der Waals surface area contributed by atoms with E-state index in [1.165, 1.54) is 0 Å². The maximum absolute atomic E-state index is 5.53. The van der Waals surface area contributed by atoms with Gasteiger partial charge in [-0.3, -0.25) is 0 Å². The second-order valence-corrected chi connectivity index (χ2v) is 4.99. The van der Waals surface area contributed by atoms with E-state index in [9.17, 15) is 0 Å². The highest BCUT2D eigenvalue weighted by Gasteiger charge is 2.10. The lowest BCUT2D eigenvalue weighted by molar-refractivity contribution is 0.616. The van der Waals surface area contributed by atoms with Gasteiger partial charge in [-0.25, -0.2) is 0 Å². The molecule has 0 saturated heterocycles. The van der Waals surface area contributed by atoms with Gasteiger partial charge in [0.25, 0.3) is 0 Å². The number of rotatable bonds is 4. The Morgan fingerprint density at radius 3 is 2.11 bits per heavy atom. The van der Waals surface area contributed by atoms with Crippen LogP contribution in [0.25, 0.3) is 0 Å². The summed E-state index contributed by atoms with van der Waals surface area (Å²) in [5, 5.41) is 0.625. The van der Waals surface area contributed by atoms with Crippen LogP contribution in [-0.2, 0) is 0 Å². The first-order chi connectivity index (χ1) is 4.22. The predicted octanol–water partition coefficient (Wildman–Crippen LogP) is 1.98. The summed E-state index contributed by atoms with van der Waals surface area (Å²) in [7, 11) is 3.68. The molecule has 0 amide bonds. The third-order valence-electron chi connectivity index (χ3n) is 1.20. The highest BCUT2D eigenvalue weighted by molar-refractivity contribution is 8.76. The van der Waals surface area contributed by atoms with Crippen molar-refractivity contribution in [2.45, 2.75) is 19.1 Å². The van der Waals surface area contributed by atoms with Crippen molar-refractivity contribution in [3.05, 3.63) is 0 Å². The first-order valence-corrected chi connectivity index (χ1v) is 5.74. The molecule has 0 aromatic rings.